The van der Waals surface area contributed by atoms with Gasteiger partial charge in [0.1, 0.15) is 18.1 Å². The Kier molecular flexibility index (Phi) is 10.0. The maximum Gasteiger partial charge on any atom is 0.326 e. The van der Waals surface area contributed by atoms with Crippen LogP contribution in [0.1, 0.15) is 46.0 Å². The summed E-state index contributed by atoms with van der Waals surface area (Å²) in [7, 11) is 0. The first-order valence-electron chi connectivity index (χ1n) is 10.2. The molecule has 180 valence electrons. The van der Waals surface area contributed by atoms with Crippen molar-refractivity contribution in [1.82, 2.24) is 15.5 Å². The summed E-state index contributed by atoms with van der Waals surface area (Å²) < 4.78 is 0. The lowest BCUT2D eigenvalue weighted by molar-refractivity contribution is -0.150. The summed E-state index contributed by atoms with van der Waals surface area (Å²) in [5, 5.41) is 23.0. The van der Waals surface area contributed by atoms with Gasteiger partial charge in [0, 0.05) is 13.0 Å². The summed E-state index contributed by atoms with van der Waals surface area (Å²) in [6.45, 7) is 3.49. The average molecular weight is 457 g/mol. The molecule has 0 aromatic rings. The third-order valence-electron chi connectivity index (χ3n) is 5.15. The maximum atomic E-state index is 12.9. The van der Waals surface area contributed by atoms with Crippen molar-refractivity contribution in [1.29, 1.82) is 0 Å². The van der Waals surface area contributed by atoms with Crippen molar-refractivity contribution in [2.24, 2.45) is 17.4 Å². The van der Waals surface area contributed by atoms with E-state index < -0.39 is 66.2 Å². The smallest absolute Gasteiger partial charge is 0.326 e. The molecule has 0 aromatic carbocycles. The van der Waals surface area contributed by atoms with Crippen molar-refractivity contribution >= 4 is 35.6 Å². The van der Waals surface area contributed by atoms with Gasteiger partial charge in [0.25, 0.3) is 0 Å². The molecular weight excluding hydrogens is 426 g/mol. The maximum absolute atomic E-state index is 12.9. The van der Waals surface area contributed by atoms with E-state index in [2.05, 4.69) is 10.6 Å². The van der Waals surface area contributed by atoms with Crippen LogP contribution in [0.2, 0.25) is 0 Å². The van der Waals surface area contributed by atoms with Crippen LogP contribution in [-0.2, 0) is 28.8 Å². The number of carbonyl (C=O) groups is 6. The van der Waals surface area contributed by atoms with Crippen LogP contribution in [-0.4, -0.2) is 81.4 Å². The van der Waals surface area contributed by atoms with Crippen molar-refractivity contribution in [2.45, 2.75) is 70.1 Å². The molecule has 1 fully saturated rings. The molecule has 1 aliphatic rings. The number of hydrogen-bond acceptors (Lipinski definition) is 7. The summed E-state index contributed by atoms with van der Waals surface area (Å²) >= 11 is 0. The SMILES string of the molecule is CC(C)C(N)C(=O)NC(CC(=O)O)C(=O)NC(CCC(N)=O)C(=O)N1CCCC1C(=O)O. The number of amides is 4. The normalized spacial score (nSPS) is 18.5. The summed E-state index contributed by atoms with van der Waals surface area (Å²) in [6.07, 6.45) is -0.592. The molecule has 1 saturated heterocycles. The Bertz CT molecular complexity index is 756. The van der Waals surface area contributed by atoms with Crippen LogP contribution >= 0.6 is 0 Å². The second kappa shape index (κ2) is 12.0. The van der Waals surface area contributed by atoms with Crippen LogP contribution < -0.4 is 22.1 Å². The van der Waals surface area contributed by atoms with Crippen LogP contribution in [0.4, 0.5) is 0 Å². The Morgan fingerprint density at radius 3 is 2.12 bits per heavy atom. The molecule has 4 atom stereocenters. The first kappa shape index (κ1) is 26.8. The predicted octanol–water partition coefficient (Wildman–Crippen LogP) is -2.24. The molecule has 4 amide bonds. The zero-order valence-electron chi connectivity index (χ0n) is 18.1. The number of rotatable bonds is 12. The number of nitrogens with one attached hydrogen (secondary N) is 2. The monoisotopic (exact) mass is 457 g/mol. The number of likely N-dealkylation sites (tertiary alicyclic amines) is 1. The molecule has 1 aliphatic heterocycles. The van der Waals surface area contributed by atoms with Crippen LogP contribution in [0.15, 0.2) is 0 Å². The molecular formula is C19H31N5O8. The van der Waals surface area contributed by atoms with E-state index in [4.69, 9.17) is 16.6 Å². The van der Waals surface area contributed by atoms with Gasteiger partial charge in [-0.25, -0.2) is 4.79 Å². The van der Waals surface area contributed by atoms with Gasteiger partial charge in [-0.05, 0) is 25.2 Å². The van der Waals surface area contributed by atoms with E-state index in [1.165, 1.54) is 0 Å². The fourth-order valence-corrected chi connectivity index (χ4v) is 3.26. The molecule has 13 heteroatoms. The van der Waals surface area contributed by atoms with Gasteiger partial charge in [0.05, 0.1) is 12.5 Å². The molecule has 0 spiro atoms. The van der Waals surface area contributed by atoms with Gasteiger partial charge in [0.2, 0.25) is 23.6 Å². The van der Waals surface area contributed by atoms with Crippen molar-refractivity contribution in [3.8, 4) is 0 Å². The Labute approximate surface area is 184 Å². The van der Waals surface area contributed by atoms with E-state index in [0.29, 0.717) is 6.42 Å². The summed E-state index contributed by atoms with van der Waals surface area (Å²) in [6, 6.07) is -4.94. The molecule has 32 heavy (non-hydrogen) atoms. The highest BCUT2D eigenvalue weighted by Gasteiger charge is 2.38. The first-order valence-corrected chi connectivity index (χ1v) is 10.2. The second-order valence-corrected chi connectivity index (χ2v) is 8.02. The van der Waals surface area contributed by atoms with E-state index in [9.17, 15) is 33.9 Å². The zero-order chi connectivity index (χ0) is 24.6. The Hall–Kier alpha value is -3.22. The Balaban J connectivity index is 3.05. The number of nitrogens with two attached hydrogens (primary N) is 2. The van der Waals surface area contributed by atoms with Crippen LogP contribution in [0.5, 0.6) is 0 Å². The standard InChI is InChI=1S/C19H31N5O8/c1-9(2)15(21)17(29)23-11(8-14(26)27)16(28)22-10(5-6-13(20)25)18(30)24-7-3-4-12(24)19(31)32/h9-12,15H,3-8,21H2,1-2H3,(H2,20,25)(H,22,28)(H,23,29)(H,26,27)(H,31,32). The minimum absolute atomic E-state index is 0.150. The van der Waals surface area contributed by atoms with Crippen LogP contribution in [0, 0.1) is 5.92 Å². The molecule has 8 N–H and O–H groups in total. The third-order valence-corrected chi connectivity index (χ3v) is 5.15. The Morgan fingerprint density at radius 1 is 1.03 bits per heavy atom. The first-order chi connectivity index (χ1) is 14.8. The number of aliphatic carboxylic acids is 2. The minimum Gasteiger partial charge on any atom is -0.481 e. The number of carboxylic acid groups (broad SMARTS) is 2. The van der Waals surface area contributed by atoms with E-state index in [1.54, 1.807) is 13.8 Å². The fourth-order valence-electron chi connectivity index (χ4n) is 3.26. The predicted molar refractivity (Wildman–Crippen MR) is 110 cm³/mol. The van der Waals surface area contributed by atoms with E-state index in [1.807, 2.05) is 0 Å². The molecule has 4 unspecified atom stereocenters. The van der Waals surface area contributed by atoms with Gasteiger partial charge in [-0.2, -0.15) is 0 Å². The van der Waals surface area contributed by atoms with Crippen molar-refractivity contribution < 1.29 is 39.0 Å². The molecule has 1 rings (SSSR count). The van der Waals surface area contributed by atoms with E-state index in [-0.39, 0.29) is 31.7 Å². The molecule has 0 aromatic heterocycles. The van der Waals surface area contributed by atoms with Gasteiger partial charge in [-0.1, -0.05) is 13.8 Å². The Morgan fingerprint density at radius 2 is 1.62 bits per heavy atom. The van der Waals surface area contributed by atoms with E-state index in [0.717, 1.165) is 4.90 Å². The number of primary amides is 1. The summed E-state index contributed by atoms with van der Waals surface area (Å²) in [4.78, 5) is 72.9. The number of hydrogen-bond donors (Lipinski definition) is 6. The highest BCUT2D eigenvalue weighted by atomic mass is 16.4. The van der Waals surface area contributed by atoms with Gasteiger partial charge >= 0.3 is 11.9 Å². The average Bonchev–Trinajstić information content (AvgIpc) is 3.18. The number of carbonyl (C=O) groups excluding carboxylic acids is 4. The summed E-state index contributed by atoms with van der Waals surface area (Å²) in [5.41, 5.74) is 10.9. The molecule has 0 saturated carbocycles. The zero-order valence-corrected chi connectivity index (χ0v) is 18.1. The molecule has 1 heterocycles. The third kappa shape index (κ3) is 7.80. The minimum atomic E-state index is -1.54. The van der Waals surface area contributed by atoms with E-state index >= 15 is 0 Å². The molecule has 0 bridgehead atoms. The van der Waals surface area contributed by atoms with Crippen molar-refractivity contribution in [2.75, 3.05) is 6.54 Å². The lowest BCUT2D eigenvalue weighted by Crippen LogP contribution is -2.58. The van der Waals surface area contributed by atoms with Gasteiger partial charge in [0.15, 0.2) is 0 Å². The lowest BCUT2D eigenvalue weighted by Gasteiger charge is -2.28. The number of nitrogens with zero attached hydrogens (tertiary/aromatic N) is 1. The topological polar surface area (TPSA) is 222 Å². The quantitative estimate of drug-likeness (QED) is 0.186. The van der Waals surface area contributed by atoms with Crippen LogP contribution in [0.25, 0.3) is 0 Å². The van der Waals surface area contributed by atoms with Gasteiger partial charge in [-0.15, -0.1) is 0 Å². The second-order valence-electron chi connectivity index (χ2n) is 8.02. The van der Waals surface area contributed by atoms with Crippen LogP contribution in [0.3, 0.4) is 0 Å². The number of carboxylic acids is 2. The highest BCUT2D eigenvalue weighted by molar-refractivity contribution is 5.96. The van der Waals surface area contributed by atoms with Gasteiger partial charge < -0.3 is 37.2 Å². The molecule has 13 nitrogen and oxygen atoms in total. The highest BCUT2D eigenvalue weighted by Crippen LogP contribution is 2.19. The summed E-state index contributed by atoms with van der Waals surface area (Å²) in [5.74, 6) is -6.06. The molecule has 0 radical (unpaired) electrons. The van der Waals surface area contributed by atoms with Crippen molar-refractivity contribution in [3.63, 3.8) is 0 Å². The fraction of sp³-hybridized carbons (Fsp3) is 0.684. The van der Waals surface area contributed by atoms with Crippen molar-refractivity contribution in [3.05, 3.63) is 0 Å². The van der Waals surface area contributed by atoms with Gasteiger partial charge in [-0.3, -0.25) is 24.0 Å². The lowest BCUT2D eigenvalue weighted by atomic mass is 10.0. The largest absolute Gasteiger partial charge is 0.481 e. The molecule has 0 aliphatic carbocycles.